The van der Waals surface area contributed by atoms with E-state index >= 15 is 0 Å². The zero-order valence-corrected chi connectivity index (χ0v) is 13.0. The van der Waals surface area contributed by atoms with Crippen molar-refractivity contribution in [3.63, 3.8) is 0 Å². The molecule has 0 unspecified atom stereocenters. The highest BCUT2D eigenvalue weighted by molar-refractivity contribution is 6.30. The van der Waals surface area contributed by atoms with Gasteiger partial charge >= 0.3 is 0 Å². The maximum atomic E-state index is 9.43. The minimum absolute atomic E-state index is 0.180. The summed E-state index contributed by atoms with van der Waals surface area (Å²) in [5, 5.41) is 18.8. The van der Waals surface area contributed by atoms with Gasteiger partial charge in [-0.25, -0.2) is 4.98 Å². The monoisotopic (exact) mass is 301 g/mol. The Morgan fingerprint density at radius 3 is 1.86 bits per heavy atom. The van der Waals surface area contributed by atoms with Crippen LogP contribution in [0.25, 0.3) is 0 Å². The molecule has 0 N–H and O–H groups in total. The molecule has 4 heteroatoms. The van der Waals surface area contributed by atoms with Crippen LogP contribution in [0.15, 0.2) is 0 Å². The Balaban J connectivity index is 2.38. The number of aryl methyl sites for hydroxylation is 1. The lowest BCUT2D eigenvalue weighted by Crippen LogP contribution is -2.06. The first-order valence-electron chi connectivity index (χ1n) is 7.79. The van der Waals surface area contributed by atoms with Crippen molar-refractivity contribution in [2.75, 3.05) is 0 Å². The molecular weight excluding hydrogens is 282 g/mol. The predicted molar refractivity (Wildman–Crippen MR) is 83.0 cm³/mol. The molecule has 2 rings (SSSR count). The van der Waals surface area contributed by atoms with Crippen LogP contribution in [0.2, 0.25) is 5.15 Å². The molecule has 110 valence electrons. The number of aromatic nitrogens is 1. The molecule has 0 saturated carbocycles. The van der Waals surface area contributed by atoms with E-state index in [0.29, 0.717) is 5.56 Å². The van der Waals surface area contributed by atoms with Crippen LogP contribution in [-0.2, 0) is 12.8 Å². The second-order valence-corrected chi connectivity index (χ2v) is 5.99. The molecule has 3 nitrogen and oxygen atoms in total. The van der Waals surface area contributed by atoms with Crippen LogP contribution in [0.1, 0.15) is 73.8 Å². The van der Waals surface area contributed by atoms with Crippen molar-refractivity contribution in [3.05, 3.63) is 27.5 Å². The van der Waals surface area contributed by atoms with Gasteiger partial charge in [0.15, 0.2) is 0 Å². The minimum atomic E-state index is 0.180. The van der Waals surface area contributed by atoms with Gasteiger partial charge in [-0.15, -0.1) is 0 Å². The van der Waals surface area contributed by atoms with Crippen molar-refractivity contribution in [3.8, 4) is 12.1 Å². The summed E-state index contributed by atoms with van der Waals surface area (Å²) in [7, 11) is 0. The fourth-order valence-electron chi connectivity index (χ4n) is 3.00. The number of halogens is 1. The Morgan fingerprint density at radius 1 is 0.762 bits per heavy atom. The number of hydrogen-bond acceptors (Lipinski definition) is 3. The second kappa shape index (κ2) is 8.01. The van der Waals surface area contributed by atoms with Gasteiger partial charge in [0.2, 0.25) is 0 Å². The van der Waals surface area contributed by atoms with Gasteiger partial charge in [-0.1, -0.05) is 50.1 Å². The lowest BCUT2D eigenvalue weighted by molar-refractivity contribution is 0.556. The molecule has 0 fully saturated rings. The average Bonchev–Trinajstić information content (AvgIpc) is 2.48. The summed E-state index contributed by atoms with van der Waals surface area (Å²) in [4.78, 5) is 4.41. The third-order valence-electron chi connectivity index (χ3n) is 4.15. The fraction of sp³-hybridized carbons (Fsp3) is 0.588. The fourth-order valence-corrected chi connectivity index (χ4v) is 3.24. The Kier molecular flexibility index (Phi) is 6.03. The van der Waals surface area contributed by atoms with E-state index in [1.807, 2.05) is 6.07 Å². The SMILES string of the molecule is N#Cc1c(Cl)nc2c(c1C#N)CCCCCCCCCC2. The molecule has 0 spiro atoms. The molecule has 0 bridgehead atoms. The van der Waals surface area contributed by atoms with Gasteiger partial charge in [-0.05, 0) is 31.2 Å². The topological polar surface area (TPSA) is 60.5 Å². The van der Waals surface area contributed by atoms with Crippen LogP contribution in [-0.4, -0.2) is 4.98 Å². The Labute approximate surface area is 131 Å². The van der Waals surface area contributed by atoms with Gasteiger partial charge in [0.25, 0.3) is 0 Å². The second-order valence-electron chi connectivity index (χ2n) is 5.63. The van der Waals surface area contributed by atoms with Crippen molar-refractivity contribution in [1.82, 2.24) is 4.98 Å². The van der Waals surface area contributed by atoms with E-state index in [1.165, 1.54) is 38.5 Å². The number of fused-ring (bicyclic) bond motifs is 1. The van der Waals surface area contributed by atoms with E-state index < -0.39 is 0 Å². The van der Waals surface area contributed by atoms with Crippen molar-refractivity contribution in [1.29, 1.82) is 10.5 Å². The van der Waals surface area contributed by atoms with Gasteiger partial charge < -0.3 is 0 Å². The summed E-state index contributed by atoms with van der Waals surface area (Å²) in [5.74, 6) is 0. The van der Waals surface area contributed by atoms with E-state index in [2.05, 4.69) is 11.1 Å². The Bertz CT molecular complexity index is 581. The summed E-state index contributed by atoms with van der Waals surface area (Å²) in [5.41, 5.74) is 2.57. The van der Waals surface area contributed by atoms with Crippen LogP contribution in [0.4, 0.5) is 0 Å². The number of nitrogens with zero attached hydrogens (tertiary/aromatic N) is 3. The van der Waals surface area contributed by atoms with Gasteiger partial charge in [-0.3, -0.25) is 0 Å². The summed E-state index contributed by atoms with van der Waals surface area (Å²) in [6.07, 6.45) is 11.3. The summed E-state index contributed by atoms with van der Waals surface area (Å²) >= 11 is 6.09. The molecule has 0 amide bonds. The zero-order chi connectivity index (χ0) is 15.1. The highest BCUT2D eigenvalue weighted by atomic mass is 35.5. The van der Waals surface area contributed by atoms with Gasteiger partial charge in [0.05, 0.1) is 5.56 Å². The maximum absolute atomic E-state index is 9.43. The van der Waals surface area contributed by atoms with E-state index in [0.717, 1.165) is 36.9 Å². The normalized spacial score (nSPS) is 16.7. The first-order chi connectivity index (χ1) is 10.3. The third-order valence-corrected chi connectivity index (χ3v) is 4.43. The first kappa shape index (κ1) is 15.8. The van der Waals surface area contributed by atoms with E-state index in [-0.39, 0.29) is 10.7 Å². The average molecular weight is 302 g/mol. The lowest BCUT2D eigenvalue weighted by atomic mass is 9.93. The maximum Gasteiger partial charge on any atom is 0.148 e. The molecule has 1 aromatic heterocycles. The van der Waals surface area contributed by atoms with Crippen LogP contribution in [0.5, 0.6) is 0 Å². The minimum Gasteiger partial charge on any atom is -0.239 e. The van der Waals surface area contributed by atoms with E-state index in [9.17, 15) is 10.5 Å². The number of hydrogen-bond donors (Lipinski definition) is 0. The largest absolute Gasteiger partial charge is 0.239 e. The zero-order valence-electron chi connectivity index (χ0n) is 12.3. The molecule has 0 aromatic carbocycles. The molecule has 1 aromatic rings. The van der Waals surface area contributed by atoms with E-state index in [4.69, 9.17) is 11.6 Å². The van der Waals surface area contributed by atoms with E-state index in [1.54, 1.807) is 0 Å². The summed E-state index contributed by atoms with van der Waals surface area (Å²) < 4.78 is 0. The Hall–Kier alpha value is -1.58. The first-order valence-corrected chi connectivity index (χ1v) is 8.17. The molecule has 1 aliphatic carbocycles. The lowest BCUT2D eigenvalue weighted by Gasteiger charge is -2.14. The van der Waals surface area contributed by atoms with Gasteiger partial charge in [0.1, 0.15) is 22.9 Å². The predicted octanol–water partition coefficient (Wildman–Crippen LogP) is 4.70. The number of pyridine rings is 1. The van der Waals surface area contributed by atoms with Crippen molar-refractivity contribution < 1.29 is 0 Å². The molecule has 0 saturated heterocycles. The highest BCUT2D eigenvalue weighted by Crippen LogP contribution is 2.27. The van der Waals surface area contributed by atoms with Crippen molar-refractivity contribution >= 4 is 11.6 Å². The number of rotatable bonds is 0. The van der Waals surface area contributed by atoms with Crippen LogP contribution >= 0.6 is 11.6 Å². The third kappa shape index (κ3) is 3.96. The van der Waals surface area contributed by atoms with Crippen LogP contribution < -0.4 is 0 Å². The Morgan fingerprint density at radius 2 is 1.29 bits per heavy atom. The molecule has 0 aliphatic heterocycles. The number of nitriles is 2. The summed E-state index contributed by atoms with van der Waals surface area (Å²) in [6, 6.07) is 4.22. The molecule has 0 radical (unpaired) electrons. The molecule has 21 heavy (non-hydrogen) atoms. The van der Waals surface area contributed by atoms with Crippen molar-refractivity contribution in [2.45, 2.75) is 64.2 Å². The molecule has 1 heterocycles. The smallest absolute Gasteiger partial charge is 0.148 e. The van der Waals surface area contributed by atoms with Crippen LogP contribution in [0, 0.1) is 22.7 Å². The van der Waals surface area contributed by atoms with Crippen molar-refractivity contribution in [2.24, 2.45) is 0 Å². The quantitative estimate of drug-likeness (QED) is 0.653. The molecular formula is C17H20ClN3. The van der Waals surface area contributed by atoms with Crippen LogP contribution in [0.3, 0.4) is 0 Å². The standard InChI is InChI=1S/C17H20ClN3/c18-17-15(12-20)14(11-19)13-9-7-5-3-1-2-4-6-8-10-16(13)21-17/h1-10H2. The highest BCUT2D eigenvalue weighted by Gasteiger charge is 2.18. The molecule has 1 aliphatic rings. The van der Waals surface area contributed by atoms with Gasteiger partial charge in [-0.2, -0.15) is 10.5 Å². The van der Waals surface area contributed by atoms with Gasteiger partial charge in [0, 0.05) is 5.69 Å². The summed E-state index contributed by atoms with van der Waals surface area (Å²) in [6.45, 7) is 0. The molecule has 0 atom stereocenters.